The number of rotatable bonds is 5. The molecule has 1 amide bonds. The Labute approximate surface area is 184 Å². The molecule has 0 saturated heterocycles. The topological polar surface area (TPSA) is 106 Å². The predicted molar refractivity (Wildman–Crippen MR) is 120 cm³/mol. The minimum absolute atomic E-state index is 0.0183. The molecule has 0 aliphatic carbocycles. The smallest absolute Gasteiger partial charge is 0.272 e. The largest absolute Gasteiger partial charge is 0.340 e. The highest BCUT2D eigenvalue weighted by Crippen LogP contribution is 2.29. The first-order chi connectivity index (χ1) is 14.8. The molecule has 0 unspecified atom stereocenters. The number of nitrogens with zero attached hydrogens (tertiary/aromatic N) is 3. The molecular weight excluding hydrogens is 438 g/mol. The lowest BCUT2D eigenvalue weighted by Crippen LogP contribution is -2.16. The van der Waals surface area contributed by atoms with Crippen LogP contribution in [-0.2, 0) is 17.1 Å². The van der Waals surface area contributed by atoms with Gasteiger partial charge in [-0.2, -0.15) is 0 Å². The normalized spacial score (nSPS) is 11.5. The van der Waals surface area contributed by atoms with Crippen LogP contribution in [0.3, 0.4) is 0 Å². The molecule has 4 rings (SSSR count). The number of amides is 1. The van der Waals surface area contributed by atoms with E-state index in [-0.39, 0.29) is 16.8 Å². The van der Waals surface area contributed by atoms with Crippen molar-refractivity contribution in [3.63, 3.8) is 0 Å². The van der Waals surface area contributed by atoms with E-state index >= 15 is 0 Å². The molecule has 0 radical (unpaired) electrons. The molecule has 158 valence electrons. The molecule has 2 N–H and O–H groups in total. The molecule has 0 atom stereocenters. The number of carbonyl (C=O) groups is 1. The minimum atomic E-state index is -3.85. The standard InChI is InChI=1S/C21H18ClN5O3S/c1-13-4-9-17-16(19(13)22)12-18(27(17)2)20(28)25-14-5-7-15(8-6-14)31(29,30)26-21-23-10-3-11-24-21/h3-12H,1-2H3,(H,25,28)(H,23,24,26). The molecule has 0 bridgehead atoms. The van der Waals surface area contributed by atoms with Crippen molar-refractivity contribution in [1.82, 2.24) is 14.5 Å². The number of aryl methyl sites for hydroxylation is 2. The van der Waals surface area contributed by atoms with Crippen molar-refractivity contribution in [2.45, 2.75) is 11.8 Å². The average Bonchev–Trinajstić information content (AvgIpc) is 3.09. The van der Waals surface area contributed by atoms with Crippen LogP contribution >= 0.6 is 11.6 Å². The Balaban J connectivity index is 1.54. The summed E-state index contributed by atoms with van der Waals surface area (Å²) in [5.41, 5.74) is 2.66. The summed E-state index contributed by atoms with van der Waals surface area (Å²) in [6.45, 7) is 1.91. The fourth-order valence-electron chi connectivity index (χ4n) is 3.15. The molecular formula is C21H18ClN5O3S. The van der Waals surface area contributed by atoms with E-state index in [2.05, 4.69) is 20.0 Å². The molecule has 0 aliphatic heterocycles. The lowest BCUT2D eigenvalue weighted by molar-refractivity contribution is 0.101. The van der Waals surface area contributed by atoms with Crippen LogP contribution in [0, 0.1) is 6.92 Å². The van der Waals surface area contributed by atoms with Gasteiger partial charge < -0.3 is 9.88 Å². The summed E-state index contributed by atoms with van der Waals surface area (Å²) >= 11 is 6.38. The third-order valence-corrected chi connectivity index (χ3v) is 6.65. The fraction of sp³-hybridized carbons (Fsp3) is 0.0952. The quantitative estimate of drug-likeness (QED) is 0.473. The van der Waals surface area contributed by atoms with Gasteiger partial charge in [-0.25, -0.2) is 23.1 Å². The monoisotopic (exact) mass is 455 g/mol. The first kappa shape index (κ1) is 20.8. The van der Waals surface area contributed by atoms with Crippen LogP contribution < -0.4 is 10.0 Å². The molecule has 2 aromatic heterocycles. The van der Waals surface area contributed by atoms with Gasteiger partial charge in [0.15, 0.2) is 0 Å². The van der Waals surface area contributed by atoms with Crippen molar-refractivity contribution in [2.75, 3.05) is 10.0 Å². The van der Waals surface area contributed by atoms with Crippen LogP contribution in [0.1, 0.15) is 16.1 Å². The van der Waals surface area contributed by atoms with E-state index in [4.69, 9.17) is 11.6 Å². The number of sulfonamides is 1. The van der Waals surface area contributed by atoms with Gasteiger partial charge in [0.05, 0.1) is 9.92 Å². The molecule has 0 saturated carbocycles. The first-order valence-corrected chi connectivity index (χ1v) is 11.1. The zero-order valence-corrected chi connectivity index (χ0v) is 18.2. The molecule has 0 fully saturated rings. The zero-order chi connectivity index (χ0) is 22.2. The second-order valence-corrected chi connectivity index (χ2v) is 8.93. The number of halogens is 1. The van der Waals surface area contributed by atoms with Crippen LogP contribution in [0.15, 0.2) is 65.8 Å². The number of hydrogen-bond donors (Lipinski definition) is 2. The lowest BCUT2D eigenvalue weighted by Gasteiger charge is -2.09. The molecule has 2 aromatic carbocycles. The molecule has 8 nitrogen and oxygen atoms in total. The van der Waals surface area contributed by atoms with Gasteiger partial charge in [0.2, 0.25) is 5.95 Å². The highest BCUT2D eigenvalue weighted by molar-refractivity contribution is 7.92. The van der Waals surface area contributed by atoms with Gasteiger partial charge in [-0.05, 0) is 55.0 Å². The van der Waals surface area contributed by atoms with Crippen molar-refractivity contribution in [3.05, 3.63) is 77.2 Å². The van der Waals surface area contributed by atoms with E-state index in [1.165, 1.54) is 36.7 Å². The number of carbonyl (C=O) groups excluding carboxylic acids is 1. The van der Waals surface area contributed by atoms with Gasteiger partial charge in [-0.1, -0.05) is 17.7 Å². The van der Waals surface area contributed by atoms with Crippen LogP contribution in [0.4, 0.5) is 11.6 Å². The van der Waals surface area contributed by atoms with Crippen molar-refractivity contribution < 1.29 is 13.2 Å². The Bertz CT molecular complexity index is 1380. The second-order valence-electron chi connectivity index (χ2n) is 6.87. The van der Waals surface area contributed by atoms with Gasteiger partial charge in [0.25, 0.3) is 15.9 Å². The lowest BCUT2D eigenvalue weighted by atomic mass is 10.2. The van der Waals surface area contributed by atoms with Crippen molar-refractivity contribution in [1.29, 1.82) is 0 Å². The van der Waals surface area contributed by atoms with Crippen molar-refractivity contribution >= 4 is 50.1 Å². The predicted octanol–water partition coefficient (Wildman–Crippen LogP) is 3.98. The Morgan fingerprint density at radius 1 is 1.06 bits per heavy atom. The maximum atomic E-state index is 12.8. The van der Waals surface area contributed by atoms with E-state index in [1.807, 2.05) is 19.1 Å². The molecule has 0 aliphatic rings. The molecule has 10 heteroatoms. The SMILES string of the molecule is Cc1ccc2c(cc(C(=O)Nc3ccc(S(=O)(=O)Nc4ncccn4)cc3)n2C)c1Cl. The van der Waals surface area contributed by atoms with Crippen LogP contribution in [-0.4, -0.2) is 28.9 Å². The van der Waals surface area contributed by atoms with Crippen molar-refractivity contribution in [2.24, 2.45) is 7.05 Å². The Morgan fingerprint density at radius 2 is 1.74 bits per heavy atom. The average molecular weight is 456 g/mol. The zero-order valence-electron chi connectivity index (χ0n) is 16.6. The molecule has 31 heavy (non-hydrogen) atoms. The summed E-state index contributed by atoms with van der Waals surface area (Å²) in [5, 5.41) is 4.18. The van der Waals surface area contributed by atoms with Gasteiger partial charge in [-0.3, -0.25) is 4.79 Å². The number of benzene rings is 2. The molecule has 0 spiro atoms. The van der Waals surface area contributed by atoms with Crippen LogP contribution in [0.5, 0.6) is 0 Å². The van der Waals surface area contributed by atoms with Crippen LogP contribution in [0.2, 0.25) is 5.02 Å². The highest BCUT2D eigenvalue weighted by atomic mass is 35.5. The van der Waals surface area contributed by atoms with E-state index in [9.17, 15) is 13.2 Å². The first-order valence-electron chi connectivity index (χ1n) is 9.22. The number of hydrogen-bond acceptors (Lipinski definition) is 5. The number of fused-ring (bicyclic) bond motifs is 1. The molecule has 2 heterocycles. The minimum Gasteiger partial charge on any atom is -0.340 e. The van der Waals surface area contributed by atoms with Crippen molar-refractivity contribution in [3.8, 4) is 0 Å². The van der Waals surface area contributed by atoms with Gasteiger partial charge in [0, 0.05) is 36.0 Å². The van der Waals surface area contributed by atoms with E-state index in [0.717, 1.165) is 16.5 Å². The van der Waals surface area contributed by atoms with Crippen LogP contribution in [0.25, 0.3) is 10.9 Å². The van der Waals surface area contributed by atoms with E-state index in [1.54, 1.807) is 23.7 Å². The number of aromatic nitrogens is 3. The third-order valence-electron chi connectivity index (χ3n) is 4.80. The fourth-order valence-corrected chi connectivity index (χ4v) is 4.32. The Kier molecular flexibility index (Phi) is 5.38. The Hall–Kier alpha value is -3.43. The van der Waals surface area contributed by atoms with Gasteiger partial charge in [-0.15, -0.1) is 0 Å². The Morgan fingerprint density at radius 3 is 2.42 bits per heavy atom. The summed E-state index contributed by atoms with van der Waals surface area (Å²) in [7, 11) is -2.06. The third kappa shape index (κ3) is 4.10. The van der Waals surface area contributed by atoms with Gasteiger partial charge >= 0.3 is 0 Å². The van der Waals surface area contributed by atoms with E-state index < -0.39 is 10.0 Å². The summed E-state index contributed by atoms with van der Waals surface area (Å²) in [6.07, 6.45) is 2.87. The summed E-state index contributed by atoms with van der Waals surface area (Å²) in [6, 6.07) is 12.9. The number of nitrogens with one attached hydrogen (secondary N) is 2. The maximum absolute atomic E-state index is 12.8. The summed E-state index contributed by atoms with van der Waals surface area (Å²) < 4.78 is 29.0. The van der Waals surface area contributed by atoms with E-state index in [0.29, 0.717) is 16.4 Å². The maximum Gasteiger partial charge on any atom is 0.272 e. The molecule has 4 aromatic rings. The summed E-state index contributed by atoms with van der Waals surface area (Å²) in [5.74, 6) is -0.358. The highest BCUT2D eigenvalue weighted by Gasteiger charge is 2.18. The second kappa shape index (κ2) is 8.01. The number of anilines is 2. The summed E-state index contributed by atoms with van der Waals surface area (Å²) in [4.78, 5) is 20.5. The van der Waals surface area contributed by atoms with Gasteiger partial charge in [0.1, 0.15) is 5.69 Å².